The maximum Gasteiger partial charge on any atom is 0.260 e. The van der Waals surface area contributed by atoms with E-state index >= 15 is 0 Å². The first-order valence-corrected chi connectivity index (χ1v) is 6.82. The number of hydrogen-bond acceptors (Lipinski definition) is 5. The second kappa shape index (κ2) is 5.63. The van der Waals surface area contributed by atoms with Crippen LogP contribution >= 0.6 is 0 Å². The number of rotatable bonds is 5. The molecule has 2 rings (SSSR count). The molecule has 1 heterocycles. The summed E-state index contributed by atoms with van der Waals surface area (Å²) in [5.74, 6) is 1.01. The molecule has 2 N–H and O–H groups in total. The van der Waals surface area contributed by atoms with Crippen molar-refractivity contribution < 1.29 is 9.26 Å². The van der Waals surface area contributed by atoms with Crippen LogP contribution in [-0.4, -0.2) is 17.3 Å². The van der Waals surface area contributed by atoms with E-state index in [1.54, 1.807) is 7.11 Å². The summed E-state index contributed by atoms with van der Waals surface area (Å²) in [5.41, 5.74) is 7.99. The molecule has 108 valence electrons. The van der Waals surface area contributed by atoms with Gasteiger partial charge < -0.3 is 15.0 Å². The van der Waals surface area contributed by atoms with Crippen LogP contribution < -0.4 is 5.73 Å². The number of nitrogens with two attached hydrogens (primary N) is 1. The summed E-state index contributed by atoms with van der Waals surface area (Å²) in [6.45, 7) is 6.04. The van der Waals surface area contributed by atoms with Crippen molar-refractivity contribution in [2.45, 2.75) is 39.2 Å². The molecule has 0 aliphatic rings. The predicted molar refractivity (Wildman–Crippen MR) is 78.2 cm³/mol. The molecule has 0 saturated heterocycles. The normalized spacial score (nSPS) is 11.8. The first kappa shape index (κ1) is 14.5. The number of methoxy groups -OCH3 is 1. The van der Waals surface area contributed by atoms with Crippen molar-refractivity contribution in [1.82, 2.24) is 10.1 Å². The van der Waals surface area contributed by atoms with Gasteiger partial charge in [0.25, 0.3) is 5.89 Å². The van der Waals surface area contributed by atoms with Gasteiger partial charge in [0.2, 0.25) is 5.82 Å². The van der Waals surface area contributed by atoms with Crippen LogP contribution in [0.15, 0.2) is 22.7 Å². The van der Waals surface area contributed by atoms with Gasteiger partial charge >= 0.3 is 0 Å². The fourth-order valence-corrected chi connectivity index (χ4v) is 2.33. The van der Waals surface area contributed by atoms with Crippen LogP contribution in [0, 0.1) is 6.92 Å². The van der Waals surface area contributed by atoms with Gasteiger partial charge in [-0.05, 0) is 31.4 Å². The van der Waals surface area contributed by atoms with Crippen LogP contribution in [0.1, 0.15) is 38.1 Å². The highest BCUT2D eigenvalue weighted by Gasteiger charge is 2.34. The van der Waals surface area contributed by atoms with E-state index in [2.05, 4.69) is 10.1 Å². The van der Waals surface area contributed by atoms with Gasteiger partial charge in [-0.3, -0.25) is 0 Å². The summed E-state index contributed by atoms with van der Waals surface area (Å²) in [5, 5.41) is 4.08. The lowest BCUT2D eigenvalue weighted by molar-refractivity contribution is -0.0306. The van der Waals surface area contributed by atoms with E-state index in [0.717, 1.165) is 24.0 Å². The number of ether oxygens (including phenoxy) is 1. The van der Waals surface area contributed by atoms with E-state index in [4.69, 9.17) is 15.0 Å². The molecule has 1 aromatic carbocycles. The van der Waals surface area contributed by atoms with Crippen LogP contribution in [-0.2, 0) is 10.3 Å². The summed E-state index contributed by atoms with van der Waals surface area (Å²) < 4.78 is 11.0. The molecular formula is C15H21N3O2. The van der Waals surface area contributed by atoms with E-state index in [1.807, 2.05) is 39.0 Å². The Hall–Kier alpha value is -1.88. The molecule has 1 aromatic heterocycles. The van der Waals surface area contributed by atoms with E-state index < -0.39 is 5.60 Å². The summed E-state index contributed by atoms with van der Waals surface area (Å²) in [6, 6.07) is 5.76. The quantitative estimate of drug-likeness (QED) is 0.847. The topological polar surface area (TPSA) is 74.2 Å². The van der Waals surface area contributed by atoms with Crippen molar-refractivity contribution in [3.05, 3.63) is 29.6 Å². The summed E-state index contributed by atoms with van der Waals surface area (Å²) >= 11 is 0. The number of aryl methyl sites for hydroxylation is 1. The Morgan fingerprint density at radius 1 is 1.30 bits per heavy atom. The van der Waals surface area contributed by atoms with E-state index in [1.165, 1.54) is 0 Å². The van der Waals surface area contributed by atoms with Crippen molar-refractivity contribution in [2.24, 2.45) is 0 Å². The first-order chi connectivity index (χ1) is 9.57. The molecule has 0 saturated carbocycles. The molecule has 5 nitrogen and oxygen atoms in total. The van der Waals surface area contributed by atoms with E-state index in [0.29, 0.717) is 17.4 Å². The Morgan fingerprint density at radius 2 is 2.00 bits per heavy atom. The predicted octanol–water partition coefficient (Wildman–Crippen LogP) is 3.29. The van der Waals surface area contributed by atoms with Crippen LogP contribution in [0.5, 0.6) is 0 Å². The third kappa shape index (κ3) is 2.29. The van der Waals surface area contributed by atoms with Gasteiger partial charge in [-0.25, -0.2) is 0 Å². The van der Waals surface area contributed by atoms with Crippen LogP contribution in [0.2, 0.25) is 0 Å². The van der Waals surface area contributed by atoms with Crippen molar-refractivity contribution in [3.63, 3.8) is 0 Å². The Morgan fingerprint density at radius 3 is 2.60 bits per heavy atom. The second-order valence-corrected chi connectivity index (χ2v) is 4.86. The molecule has 0 spiro atoms. The van der Waals surface area contributed by atoms with Crippen molar-refractivity contribution in [2.75, 3.05) is 12.8 Å². The summed E-state index contributed by atoms with van der Waals surface area (Å²) in [7, 11) is 1.67. The minimum Gasteiger partial charge on any atom is -0.398 e. The molecule has 0 atom stereocenters. The number of hydrogen-bond donors (Lipinski definition) is 1. The van der Waals surface area contributed by atoms with Crippen molar-refractivity contribution in [1.29, 1.82) is 0 Å². The summed E-state index contributed by atoms with van der Waals surface area (Å²) in [4.78, 5) is 4.48. The van der Waals surface area contributed by atoms with Gasteiger partial charge in [0.1, 0.15) is 5.60 Å². The van der Waals surface area contributed by atoms with Crippen LogP contribution in [0.4, 0.5) is 5.69 Å². The molecule has 0 aliphatic carbocycles. The molecule has 0 bridgehead atoms. The third-order valence-corrected chi connectivity index (χ3v) is 3.92. The minimum atomic E-state index is -0.500. The Labute approximate surface area is 119 Å². The SMILES string of the molecule is CCC(CC)(OC)c1noc(-c2cccc(C)c2N)n1. The molecular weight excluding hydrogens is 254 g/mol. The van der Waals surface area contributed by atoms with Crippen molar-refractivity contribution in [3.8, 4) is 11.5 Å². The number of anilines is 1. The van der Waals surface area contributed by atoms with Crippen molar-refractivity contribution >= 4 is 5.69 Å². The molecule has 5 heteroatoms. The van der Waals surface area contributed by atoms with Gasteiger partial charge in [-0.1, -0.05) is 31.1 Å². The maximum absolute atomic E-state index is 6.07. The van der Waals surface area contributed by atoms with Crippen LogP contribution in [0.3, 0.4) is 0 Å². The highest BCUT2D eigenvalue weighted by Crippen LogP contribution is 2.33. The summed E-state index contributed by atoms with van der Waals surface area (Å²) in [6.07, 6.45) is 1.56. The number of para-hydroxylation sites is 1. The minimum absolute atomic E-state index is 0.435. The van der Waals surface area contributed by atoms with Gasteiger partial charge in [0, 0.05) is 12.8 Å². The van der Waals surface area contributed by atoms with E-state index in [-0.39, 0.29) is 0 Å². The Balaban J connectivity index is 2.45. The van der Waals surface area contributed by atoms with Gasteiger partial charge in [-0.15, -0.1) is 0 Å². The highest BCUT2D eigenvalue weighted by atomic mass is 16.5. The smallest absolute Gasteiger partial charge is 0.260 e. The van der Waals surface area contributed by atoms with Crippen LogP contribution in [0.25, 0.3) is 11.5 Å². The number of aromatic nitrogens is 2. The second-order valence-electron chi connectivity index (χ2n) is 4.86. The number of nitrogens with zero attached hydrogens (tertiary/aromatic N) is 2. The monoisotopic (exact) mass is 275 g/mol. The maximum atomic E-state index is 6.07. The zero-order chi connectivity index (χ0) is 14.8. The third-order valence-electron chi connectivity index (χ3n) is 3.92. The molecule has 0 aliphatic heterocycles. The molecule has 0 fully saturated rings. The fourth-order valence-electron chi connectivity index (χ4n) is 2.33. The molecule has 20 heavy (non-hydrogen) atoms. The Bertz CT molecular complexity index is 580. The van der Waals surface area contributed by atoms with Gasteiger partial charge in [0.05, 0.1) is 5.56 Å². The lowest BCUT2D eigenvalue weighted by atomic mass is 9.96. The zero-order valence-corrected chi connectivity index (χ0v) is 12.4. The lowest BCUT2D eigenvalue weighted by Crippen LogP contribution is -2.28. The standard InChI is InChI=1S/C15H21N3O2/c1-5-15(6-2,19-4)14-17-13(20-18-14)11-9-7-8-10(3)12(11)16/h7-9H,5-6,16H2,1-4H3. The average Bonchev–Trinajstić information content (AvgIpc) is 2.95. The zero-order valence-electron chi connectivity index (χ0n) is 12.4. The van der Waals surface area contributed by atoms with Gasteiger partial charge in [-0.2, -0.15) is 4.98 Å². The fraction of sp³-hybridized carbons (Fsp3) is 0.467. The molecule has 0 amide bonds. The van der Waals surface area contributed by atoms with E-state index in [9.17, 15) is 0 Å². The number of nitrogen functional groups attached to an aromatic ring is 1. The molecule has 0 radical (unpaired) electrons. The molecule has 2 aromatic rings. The Kier molecular flexibility index (Phi) is 4.09. The largest absolute Gasteiger partial charge is 0.398 e. The first-order valence-electron chi connectivity index (χ1n) is 6.82. The highest BCUT2D eigenvalue weighted by molar-refractivity contribution is 5.73. The van der Waals surface area contributed by atoms with Gasteiger partial charge in [0.15, 0.2) is 0 Å². The number of benzene rings is 1. The molecule has 0 unspecified atom stereocenters. The lowest BCUT2D eigenvalue weighted by Gasteiger charge is -2.25. The average molecular weight is 275 g/mol.